The van der Waals surface area contributed by atoms with Gasteiger partial charge < -0.3 is 15.3 Å². The third-order valence-electron chi connectivity index (χ3n) is 4.96. The fourth-order valence-corrected chi connectivity index (χ4v) is 3.35. The summed E-state index contributed by atoms with van der Waals surface area (Å²) in [6, 6.07) is 0. The van der Waals surface area contributed by atoms with E-state index in [4.69, 9.17) is 5.11 Å². The Bertz CT molecular complexity index is 426. The molecule has 4 unspecified atom stereocenters. The average molecular weight is 284 g/mol. The minimum absolute atomic E-state index is 0.121. The van der Waals surface area contributed by atoms with E-state index in [9.17, 15) is 19.8 Å². The molecule has 114 valence electrons. The number of carboxylic acid groups (broad SMARTS) is 2. The molecule has 1 fully saturated rings. The van der Waals surface area contributed by atoms with Crippen molar-refractivity contribution in [2.45, 2.75) is 52.1 Å². The average Bonchev–Trinajstić information content (AvgIpc) is 2.26. The van der Waals surface area contributed by atoms with Crippen LogP contribution in [-0.4, -0.2) is 32.9 Å². The van der Waals surface area contributed by atoms with Crippen LogP contribution in [0.5, 0.6) is 0 Å². The number of aliphatic hydroxyl groups is 1. The lowest BCUT2D eigenvalue weighted by molar-refractivity contribution is -0.174. The van der Waals surface area contributed by atoms with E-state index in [2.05, 4.69) is 6.58 Å². The van der Waals surface area contributed by atoms with Gasteiger partial charge >= 0.3 is 11.9 Å². The fourth-order valence-electron chi connectivity index (χ4n) is 3.35. The van der Waals surface area contributed by atoms with Crippen LogP contribution in [0.1, 0.15) is 46.5 Å². The van der Waals surface area contributed by atoms with Gasteiger partial charge in [-0.3, -0.25) is 9.59 Å². The van der Waals surface area contributed by atoms with Crippen LogP contribution >= 0.6 is 0 Å². The minimum Gasteiger partial charge on any atom is -0.481 e. The van der Waals surface area contributed by atoms with Gasteiger partial charge in [0.2, 0.25) is 0 Å². The zero-order valence-electron chi connectivity index (χ0n) is 12.3. The van der Waals surface area contributed by atoms with Crippen molar-refractivity contribution in [3.8, 4) is 0 Å². The topological polar surface area (TPSA) is 94.8 Å². The number of allylic oxidation sites excluding steroid dienone is 1. The van der Waals surface area contributed by atoms with Crippen molar-refractivity contribution >= 4 is 11.9 Å². The van der Waals surface area contributed by atoms with Crippen LogP contribution in [0.3, 0.4) is 0 Å². The molecule has 0 aromatic heterocycles. The van der Waals surface area contributed by atoms with Crippen LogP contribution in [-0.2, 0) is 9.59 Å². The molecular formula is C15H24O5. The van der Waals surface area contributed by atoms with Crippen LogP contribution in [0.2, 0.25) is 0 Å². The SMILES string of the molecule is C=C(C)C1CCC(C(=O)O)C(C)(C(C)(O)CC(=O)O)C1. The molecule has 0 aromatic carbocycles. The maximum atomic E-state index is 11.5. The van der Waals surface area contributed by atoms with Crippen molar-refractivity contribution in [1.82, 2.24) is 0 Å². The molecule has 5 heteroatoms. The summed E-state index contributed by atoms with van der Waals surface area (Å²) in [7, 11) is 0. The lowest BCUT2D eigenvalue weighted by Crippen LogP contribution is -2.55. The molecule has 5 nitrogen and oxygen atoms in total. The number of hydrogen-bond acceptors (Lipinski definition) is 3. The Hall–Kier alpha value is -1.36. The Morgan fingerprint density at radius 1 is 1.35 bits per heavy atom. The van der Waals surface area contributed by atoms with Crippen molar-refractivity contribution in [1.29, 1.82) is 0 Å². The molecule has 1 aliphatic carbocycles. The van der Waals surface area contributed by atoms with Crippen molar-refractivity contribution in [3.05, 3.63) is 12.2 Å². The fraction of sp³-hybridized carbons (Fsp3) is 0.733. The van der Waals surface area contributed by atoms with E-state index in [1.165, 1.54) is 6.92 Å². The lowest BCUT2D eigenvalue weighted by Gasteiger charge is -2.51. The highest BCUT2D eigenvalue weighted by atomic mass is 16.4. The van der Waals surface area contributed by atoms with Crippen LogP contribution in [0.25, 0.3) is 0 Å². The van der Waals surface area contributed by atoms with Crippen molar-refractivity contribution in [2.24, 2.45) is 17.3 Å². The summed E-state index contributed by atoms with van der Waals surface area (Å²) in [5.41, 5.74) is -1.61. The van der Waals surface area contributed by atoms with Gasteiger partial charge in [-0.25, -0.2) is 0 Å². The van der Waals surface area contributed by atoms with Gasteiger partial charge in [0.25, 0.3) is 0 Å². The zero-order valence-corrected chi connectivity index (χ0v) is 12.3. The monoisotopic (exact) mass is 284 g/mol. The van der Waals surface area contributed by atoms with E-state index in [0.717, 1.165) is 5.57 Å². The maximum Gasteiger partial charge on any atom is 0.307 e. The van der Waals surface area contributed by atoms with Gasteiger partial charge in [-0.2, -0.15) is 0 Å². The Morgan fingerprint density at radius 2 is 1.90 bits per heavy atom. The third-order valence-corrected chi connectivity index (χ3v) is 4.96. The predicted octanol–water partition coefficient (Wildman–Crippen LogP) is 2.30. The molecule has 0 radical (unpaired) electrons. The van der Waals surface area contributed by atoms with Gasteiger partial charge in [0.05, 0.1) is 17.9 Å². The van der Waals surface area contributed by atoms with Crippen LogP contribution in [0.15, 0.2) is 12.2 Å². The summed E-state index contributed by atoms with van der Waals surface area (Å²) in [5, 5.41) is 29.0. The number of rotatable bonds is 5. The summed E-state index contributed by atoms with van der Waals surface area (Å²) >= 11 is 0. The van der Waals surface area contributed by atoms with Gasteiger partial charge in [-0.15, -0.1) is 0 Å². The van der Waals surface area contributed by atoms with Crippen LogP contribution in [0.4, 0.5) is 0 Å². The Labute approximate surface area is 119 Å². The second-order valence-electron chi connectivity index (χ2n) is 6.48. The Morgan fingerprint density at radius 3 is 2.30 bits per heavy atom. The first-order chi connectivity index (χ1) is 9.01. The summed E-state index contributed by atoms with van der Waals surface area (Å²) in [4.78, 5) is 22.5. The highest BCUT2D eigenvalue weighted by molar-refractivity contribution is 5.73. The van der Waals surface area contributed by atoms with Crippen molar-refractivity contribution < 1.29 is 24.9 Å². The van der Waals surface area contributed by atoms with Crippen LogP contribution in [0, 0.1) is 17.3 Å². The quantitative estimate of drug-likeness (QED) is 0.673. The molecule has 20 heavy (non-hydrogen) atoms. The van der Waals surface area contributed by atoms with E-state index in [1.54, 1.807) is 6.92 Å². The van der Waals surface area contributed by atoms with E-state index in [1.807, 2.05) is 6.92 Å². The van der Waals surface area contributed by atoms with E-state index in [-0.39, 0.29) is 5.92 Å². The highest BCUT2D eigenvalue weighted by Gasteiger charge is 2.55. The maximum absolute atomic E-state index is 11.5. The summed E-state index contributed by atoms with van der Waals surface area (Å²) < 4.78 is 0. The molecule has 1 saturated carbocycles. The Kier molecular flexibility index (Phi) is 4.64. The molecule has 1 aliphatic rings. The molecule has 1 rings (SSSR count). The Balaban J connectivity index is 3.17. The van der Waals surface area contributed by atoms with Gasteiger partial charge in [0.15, 0.2) is 0 Å². The molecule has 3 N–H and O–H groups in total. The summed E-state index contributed by atoms with van der Waals surface area (Å²) in [6.07, 6.45) is 1.12. The second-order valence-corrected chi connectivity index (χ2v) is 6.48. The summed E-state index contributed by atoms with van der Waals surface area (Å²) in [5.74, 6) is -2.72. The number of carboxylic acids is 2. The molecular weight excluding hydrogens is 260 g/mol. The summed E-state index contributed by atoms with van der Waals surface area (Å²) in [6.45, 7) is 8.91. The van der Waals surface area contributed by atoms with E-state index < -0.39 is 35.3 Å². The van der Waals surface area contributed by atoms with E-state index >= 15 is 0 Å². The standard InChI is InChI=1S/C15H24O5/c1-9(2)10-5-6-11(13(18)19)14(3,7-10)15(4,20)8-12(16)17/h10-11,20H,1,5-8H2,2-4H3,(H,16,17)(H,18,19). The zero-order chi connectivity index (χ0) is 15.7. The first-order valence-electron chi connectivity index (χ1n) is 6.83. The van der Waals surface area contributed by atoms with Crippen LogP contribution < -0.4 is 0 Å². The molecule has 0 spiro atoms. The third kappa shape index (κ3) is 3.03. The molecule has 0 bridgehead atoms. The molecule has 0 amide bonds. The van der Waals surface area contributed by atoms with Crippen molar-refractivity contribution in [3.63, 3.8) is 0 Å². The van der Waals surface area contributed by atoms with Gasteiger partial charge in [-0.1, -0.05) is 19.1 Å². The smallest absolute Gasteiger partial charge is 0.307 e. The van der Waals surface area contributed by atoms with Gasteiger partial charge in [0, 0.05) is 5.41 Å². The first kappa shape index (κ1) is 16.7. The van der Waals surface area contributed by atoms with E-state index in [0.29, 0.717) is 19.3 Å². The van der Waals surface area contributed by atoms with Crippen molar-refractivity contribution in [2.75, 3.05) is 0 Å². The van der Waals surface area contributed by atoms with Gasteiger partial charge in [-0.05, 0) is 39.0 Å². The lowest BCUT2D eigenvalue weighted by atomic mass is 9.55. The highest BCUT2D eigenvalue weighted by Crippen LogP contribution is 2.52. The largest absolute Gasteiger partial charge is 0.481 e. The second kappa shape index (κ2) is 5.56. The molecule has 0 heterocycles. The molecule has 0 aromatic rings. The number of aliphatic carboxylic acids is 2. The van der Waals surface area contributed by atoms with Gasteiger partial charge in [0.1, 0.15) is 0 Å². The molecule has 4 atom stereocenters. The first-order valence-corrected chi connectivity index (χ1v) is 6.83. The number of carbonyl (C=O) groups is 2. The minimum atomic E-state index is -1.57. The molecule has 0 saturated heterocycles. The number of hydrogen-bond donors (Lipinski definition) is 3. The normalized spacial score (nSPS) is 33.2. The predicted molar refractivity (Wildman–Crippen MR) is 74.3 cm³/mol. The molecule has 0 aliphatic heterocycles.